The van der Waals surface area contributed by atoms with Crippen molar-refractivity contribution in [1.29, 1.82) is 0 Å². The number of hydrogen-bond donors (Lipinski definition) is 0. The van der Waals surface area contributed by atoms with E-state index in [1.165, 1.54) is 25.7 Å². The summed E-state index contributed by atoms with van der Waals surface area (Å²) in [6.07, 6.45) is 21.5. The molecule has 0 nitrogen and oxygen atoms in total. The van der Waals surface area contributed by atoms with Crippen LogP contribution >= 0.6 is 0 Å². The van der Waals surface area contributed by atoms with Crippen molar-refractivity contribution >= 4 is 0 Å². The van der Waals surface area contributed by atoms with Gasteiger partial charge in [-0.1, -0.05) is 42.9 Å². The Morgan fingerprint density at radius 2 is 1.58 bits per heavy atom. The second-order valence-electron chi connectivity index (χ2n) is 3.04. The summed E-state index contributed by atoms with van der Waals surface area (Å²) in [5.41, 5.74) is 0. The molecule has 0 aromatic heterocycles. The molecule has 0 amide bonds. The van der Waals surface area contributed by atoms with Gasteiger partial charge in [0.05, 0.1) is 0 Å². The monoisotopic (exact) mass is 161 g/mol. The first-order chi connectivity index (χ1) is 6.00. The normalized spacial score (nSPS) is 28.0. The first-order valence-electron chi connectivity index (χ1n) is 4.80. The van der Waals surface area contributed by atoms with Crippen molar-refractivity contribution in [2.45, 2.75) is 32.1 Å². The van der Waals surface area contributed by atoms with Crippen molar-refractivity contribution < 1.29 is 0 Å². The van der Waals surface area contributed by atoms with Crippen molar-refractivity contribution in [3.63, 3.8) is 0 Å². The van der Waals surface area contributed by atoms with Gasteiger partial charge in [-0.3, -0.25) is 0 Å². The van der Waals surface area contributed by atoms with Gasteiger partial charge >= 0.3 is 0 Å². The molecule has 0 aliphatic heterocycles. The minimum absolute atomic E-state index is 1.07. The average molecular weight is 161 g/mol. The van der Waals surface area contributed by atoms with Crippen LogP contribution in [0, 0.1) is 6.42 Å². The van der Waals surface area contributed by atoms with Crippen LogP contribution in [-0.2, 0) is 0 Å². The molecule has 65 valence electrons. The molecule has 0 aromatic rings. The van der Waals surface area contributed by atoms with Gasteiger partial charge < -0.3 is 0 Å². The first-order valence-corrected chi connectivity index (χ1v) is 4.80. The van der Waals surface area contributed by atoms with Crippen LogP contribution in [0.5, 0.6) is 0 Å². The van der Waals surface area contributed by atoms with Crippen LogP contribution in [0.3, 0.4) is 0 Å². The Morgan fingerprint density at radius 1 is 0.667 bits per heavy atom. The molecule has 0 fully saturated rings. The molecule has 0 heterocycles. The topological polar surface area (TPSA) is 0 Å². The van der Waals surface area contributed by atoms with E-state index >= 15 is 0 Å². The number of rotatable bonds is 0. The van der Waals surface area contributed by atoms with Gasteiger partial charge in [0.15, 0.2) is 0 Å². The second-order valence-corrected chi connectivity index (χ2v) is 3.04. The van der Waals surface area contributed by atoms with Crippen LogP contribution in [0.15, 0.2) is 36.5 Å². The Kier molecular flexibility index (Phi) is 5.35. The molecular weight excluding hydrogens is 144 g/mol. The van der Waals surface area contributed by atoms with Crippen LogP contribution in [0.4, 0.5) is 0 Å². The molecule has 0 N–H and O–H groups in total. The predicted octanol–water partition coefficient (Wildman–Crippen LogP) is 3.82. The van der Waals surface area contributed by atoms with Crippen molar-refractivity contribution in [3.05, 3.63) is 42.9 Å². The van der Waals surface area contributed by atoms with Crippen LogP contribution < -0.4 is 0 Å². The zero-order chi connectivity index (χ0) is 8.49. The van der Waals surface area contributed by atoms with Crippen LogP contribution in [0.25, 0.3) is 0 Å². The summed E-state index contributed by atoms with van der Waals surface area (Å²) in [7, 11) is 0. The third kappa shape index (κ3) is 4.95. The second kappa shape index (κ2) is 6.90. The summed E-state index contributed by atoms with van der Waals surface area (Å²) in [4.78, 5) is 0. The Labute approximate surface area is 75.7 Å². The van der Waals surface area contributed by atoms with E-state index in [2.05, 4.69) is 42.9 Å². The Balaban J connectivity index is 2.31. The van der Waals surface area contributed by atoms with Crippen molar-refractivity contribution in [3.8, 4) is 0 Å². The third-order valence-corrected chi connectivity index (χ3v) is 1.92. The van der Waals surface area contributed by atoms with E-state index in [0.717, 1.165) is 6.42 Å². The first kappa shape index (κ1) is 9.31. The van der Waals surface area contributed by atoms with Crippen molar-refractivity contribution in [1.82, 2.24) is 0 Å². The maximum atomic E-state index is 2.29. The minimum atomic E-state index is 1.07. The lowest BCUT2D eigenvalue weighted by molar-refractivity contribution is 0.746. The number of hydrogen-bond acceptors (Lipinski definition) is 0. The number of allylic oxidation sites excluding steroid dienone is 6. The summed E-state index contributed by atoms with van der Waals surface area (Å²) >= 11 is 0. The van der Waals surface area contributed by atoms with E-state index < -0.39 is 0 Å². The van der Waals surface area contributed by atoms with Gasteiger partial charge in [0.25, 0.3) is 0 Å². The van der Waals surface area contributed by atoms with Gasteiger partial charge in [0, 0.05) is 0 Å². The average Bonchev–Trinajstić information content (AvgIpc) is 2.05. The summed E-state index contributed by atoms with van der Waals surface area (Å²) in [5, 5.41) is 0. The summed E-state index contributed by atoms with van der Waals surface area (Å²) in [6.45, 7) is 0. The van der Waals surface area contributed by atoms with Crippen LogP contribution in [0.1, 0.15) is 32.1 Å². The molecule has 0 saturated heterocycles. The molecule has 12 heavy (non-hydrogen) atoms. The van der Waals surface area contributed by atoms with Crippen molar-refractivity contribution in [2.75, 3.05) is 0 Å². The fourth-order valence-corrected chi connectivity index (χ4v) is 1.21. The molecule has 0 spiro atoms. The van der Waals surface area contributed by atoms with E-state index in [0.29, 0.717) is 0 Å². The lowest BCUT2D eigenvalue weighted by atomic mass is 10.1. The molecule has 1 rings (SSSR count). The molecular formula is C12H17. The smallest absolute Gasteiger partial charge is 0.0166 e. The van der Waals surface area contributed by atoms with Gasteiger partial charge in [-0.05, 0) is 32.1 Å². The molecule has 1 aliphatic carbocycles. The molecule has 0 heteroatoms. The lowest BCUT2D eigenvalue weighted by Crippen LogP contribution is -1.76. The van der Waals surface area contributed by atoms with Gasteiger partial charge in [0.1, 0.15) is 0 Å². The van der Waals surface area contributed by atoms with Gasteiger partial charge in [0.2, 0.25) is 0 Å². The molecule has 0 unspecified atom stereocenters. The quantitative estimate of drug-likeness (QED) is 0.474. The Hall–Kier alpha value is -0.780. The molecule has 0 saturated carbocycles. The largest absolute Gasteiger partial charge is 0.0882 e. The highest BCUT2D eigenvalue weighted by atomic mass is 13.9. The highest BCUT2D eigenvalue weighted by molar-refractivity contribution is 5.09. The Morgan fingerprint density at radius 3 is 2.58 bits per heavy atom. The highest BCUT2D eigenvalue weighted by Crippen LogP contribution is 2.05. The zero-order valence-electron chi connectivity index (χ0n) is 7.58. The van der Waals surface area contributed by atoms with Gasteiger partial charge in [-0.2, -0.15) is 0 Å². The van der Waals surface area contributed by atoms with Crippen molar-refractivity contribution in [2.24, 2.45) is 0 Å². The van der Waals surface area contributed by atoms with Crippen LogP contribution in [-0.4, -0.2) is 0 Å². The third-order valence-electron chi connectivity index (χ3n) is 1.92. The van der Waals surface area contributed by atoms with Gasteiger partial charge in [-0.25, -0.2) is 0 Å². The fraction of sp³-hybridized carbons (Fsp3) is 0.417. The molecule has 0 aromatic carbocycles. The summed E-state index contributed by atoms with van der Waals surface area (Å²) in [6, 6.07) is 0. The summed E-state index contributed by atoms with van der Waals surface area (Å²) in [5.74, 6) is 0. The minimum Gasteiger partial charge on any atom is -0.0882 e. The lowest BCUT2D eigenvalue weighted by Gasteiger charge is -1.95. The molecule has 1 aliphatic rings. The van der Waals surface area contributed by atoms with Crippen LogP contribution in [0.2, 0.25) is 0 Å². The molecule has 0 bridgehead atoms. The molecule has 0 atom stereocenters. The van der Waals surface area contributed by atoms with E-state index in [1.807, 2.05) is 0 Å². The fourth-order valence-electron chi connectivity index (χ4n) is 1.21. The maximum absolute atomic E-state index is 2.29. The Bertz CT molecular complexity index is 172. The SMILES string of the molecule is [CH]1/C=C/C=C\C/C=C\CCCC1. The summed E-state index contributed by atoms with van der Waals surface area (Å²) < 4.78 is 0. The van der Waals surface area contributed by atoms with E-state index in [4.69, 9.17) is 0 Å². The van der Waals surface area contributed by atoms with E-state index in [1.54, 1.807) is 0 Å². The molecule has 1 radical (unpaired) electrons. The van der Waals surface area contributed by atoms with E-state index in [-0.39, 0.29) is 0 Å². The zero-order valence-corrected chi connectivity index (χ0v) is 7.58. The standard InChI is InChI=1S/C12H17/c1-2-4-6-8-10-12-11-9-7-5-3-1/h1-5,8,10H,6-7,9,11-12H2/b3-1+,4-2-,10-8-. The van der Waals surface area contributed by atoms with E-state index in [9.17, 15) is 0 Å². The maximum Gasteiger partial charge on any atom is -0.0166 e. The predicted molar refractivity (Wildman–Crippen MR) is 54.8 cm³/mol. The highest BCUT2D eigenvalue weighted by Gasteiger charge is 1.86. The van der Waals surface area contributed by atoms with Gasteiger partial charge in [-0.15, -0.1) is 0 Å².